The third kappa shape index (κ3) is 4.92. The van der Waals surface area contributed by atoms with Crippen molar-refractivity contribution < 1.29 is 0 Å². The van der Waals surface area contributed by atoms with E-state index in [9.17, 15) is 0 Å². The van der Waals surface area contributed by atoms with Gasteiger partial charge in [-0.3, -0.25) is 0 Å². The summed E-state index contributed by atoms with van der Waals surface area (Å²) in [6.07, 6.45) is 3.88. The van der Waals surface area contributed by atoms with Crippen LogP contribution in [0.3, 0.4) is 0 Å². The van der Waals surface area contributed by atoms with E-state index in [4.69, 9.17) is 23.2 Å². The molecule has 0 radical (unpaired) electrons. The molecule has 4 heteroatoms. The second-order valence-electron chi connectivity index (χ2n) is 5.75. The zero-order valence-electron chi connectivity index (χ0n) is 12.2. The van der Waals surface area contributed by atoms with E-state index in [0.29, 0.717) is 0 Å². The maximum absolute atomic E-state index is 6.15. The van der Waals surface area contributed by atoms with Crippen LogP contribution >= 0.6 is 23.2 Å². The highest BCUT2D eigenvalue weighted by Gasteiger charge is 2.14. The van der Waals surface area contributed by atoms with Gasteiger partial charge in [-0.05, 0) is 63.5 Å². The van der Waals surface area contributed by atoms with Crippen molar-refractivity contribution in [3.05, 3.63) is 33.8 Å². The van der Waals surface area contributed by atoms with Gasteiger partial charge in [-0.15, -0.1) is 0 Å². The third-order valence-corrected chi connectivity index (χ3v) is 4.78. The fourth-order valence-electron chi connectivity index (χ4n) is 2.63. The zero-order valence-corrected chi connectivity index (χ0v) is 13.7. The minimum Gasteiger partial charge on any atom is -0.313 e. The van der Waals surface area contributed by atoms with Crippen LogP contribution in [-0.4, -0.2) is 31.1 Å². The molecule has 0 atom stereocenters. The Hall–Kier alpha value is -0.280. The first-order valence-corrected chi connectivity index (χ1v) is 8.28. The number of nitrogens with zero attached hydrogens (tertiary/aromatic N) is 1. The Morgan fingerprint density at radius 1 is 1.20 bits per heavy atom. The number of piperidine rings is 1. The molecule has 0 amide bonds. The normalized spacial score (nSPS) is 17.6. The van der Waals surface area contributed by atoms with Crippen LogP contribution in [0.1, 0.15) is 31.7 Å². The standard InChI is InChI=1S/C16H24Cl2N2/c1-13-6-10-20(11-7-13)9-3-8-19-12-14-15(17)4-2-5-16(14)18/h2,4-5,13,19H,3,6-12H2,1H3. The average molecular weight is 315 g/mol. The first kappa shape index (κ1) is 16.1. The fourth-order valence-corrected chi connectivity index (χ4v) is 3.16. The Balaban J connectivity index is 1.62. The SMILES string of the molecule is CC1CCN(CCCNCc2c(Cl)cccc2Cl)CC1. The molecule has 112 valence electrons. The maximum Gasteiger partial charge on any atom is 0.0465 e. The number of hydrogen-bond acceptors (Lipinski definition) is 2. The van der Waals surface area contributed by atoms with Crippen molar-refractivity contribution in [2.75, 3.05) is 26.2 Å². The first-order chi connectivity index (χ1) is 9.66. The van der Waals surface area contributed by atoms with Crippen molar-refractivity contribution in [1.29, 1.82) is 0 Å². The Bertz CT molecular complexity index is 395. The molecule has 0 aromatic heterocycles. The summed E-state index contributed by atoms with van der Waals surface area (Å²) in [6.45, 7) is 7.82. The quantitative estimate of drug-likeness (QED) is 0.791. The van der Waals surface area contributed by atoms with Gasteiger partial charge in [0.15, 0.2) is 0 Å². The number of hydrogen-bond donors (Lipinski definition) is 1. The van der Waals surface area contributed by atoms with Gasteiger partial charge in [0.05, 0.1) is 0 Å². The molecule has 1 fully saturated rings. The number of rotatable bonds is 6. The molecule has 0 bridgehead atoms. The van der Waals surface area contributed by atoms with Gasteiger partial charge >= 0.3 is 0 Å². The lowest BCUT2D eigenvalue weighted by atomic mass is 9.99. The van der Waals surface area contributed by atoms with Crippen LogP contribution in [0.2, 0.25) is 10.0 Å². The molecular formula is C16H24Cl2N2. The Morgan fingerprint density at radius 3 is 2.50 bits per heavy atom. The maximum atomic E-state index is 6.15. The molecule has 1 saturated heterocycles. The molecule has 2 rings (SSSR count). The van der Waals surface area contributed by atoms with Crippen LogP contribution in [0, 0.1) is 5.92 Å². The van der Waals surface area contributed by atoms with Crippen molar-refractivity contribution in [2.24, 2.45) is 5.92 Å². The zero-order chi connectivity index (χ0) is 14.4. The molecule has 1 N–H and O–H groups in total. The number of nitrogens with one attached hydrogen (secondary N) is 1. The van der Waals surface area contributed by atoms with Gasteiger partial charge < -0.3 is 10.2 Å². The second kappa shape index (κ2) is 8.23. The average Bonchev–Trinajstić information content (AvgIpc) is 2.43. The van der Waals surface area contributed by atoms with Crippen LogP contribution in [-0.2, 0) is 6.54 Å². The Kier molecular flexibility index (Phi) is 6.63. The van der Waals surface area contributed by atoms with Crippen molar-refractivity contribution in [2.45, 2.75) is 32.7 Å². The molecule has 1 aliphatic heterocycles. The topological polar surface area (TPSA) is 15.3 Å². The summed E-state index contributed by atoms with van der Waals surface area (Å²) in [5.41, 5.74) is 1.00. The smallest absolute Gasteiger partial charge is 0.0465 e. The lowest BCUT2D eigenvalue weighted by molar-refractivity contribution is 0.190. The monoisotopic (exact) mass is 314 g/mol. The van der Waals surface area contributed by atoms with Crippen molar-refractivity contribution in [3.8, 4) is 0 Å². The molecule has 0 aliphatic carbocycles. The van der Waals surface area contributed by atoms with Crippen molar-refractivity contribution >= 4 is 23.2 Å². The highest BCUT2D eigenvalue weighted by Crippen LogP contribution is 2.23. The Labute approximate surface area is 132 Å². The van der Waals surface area contributed by atoms with Crippen LogP contribution in [0.5, 0.6) is 0 Å². The van der Waals surface area contributed by atoms with E-state index < -0.39 is 0 Å². The molecule has 1 aliphatic rings. The summed E-state index contributed by atoms with van der Waals surface area (Å²) in [5.74, 6) is 0.909. The molecule has 0 saturated carbocycles. The first-order valence-electron chi connectivity index (χ1n) is 7.53. The Morgan fingerprint density at radius 2 is 1.85 bits per heavy atom. The minimum absolute atomic E-state index is 0.745. The lowest BCUT2D eigenvalue weighted by Crippen LogP contribution is -2.34. The van der Waals surface area contributed by atoms with Gasteiger partial charge in [-0.2, -0.15) is 0 Å². The van der Waals surface area contributed by atoms with Crippen molar-refractivity contribution in [1.82, 2.24) is 10.2 Å². The van der Waals surface area contributed by atoms with E-state index in [1.807, 2.05) is 18.2 Å². The minimum atomic E-state index is 0.745. The van der Waals surface area contributed by atoms with Gasteiger partial charge in [0.25, 0.3) is 0 Å². The summed E-state index contributed by atoms with van der Waals surface area (Å²) < 4.78 is 0. The molecule has 0 spiro atoms. The van der Waals surface area contributed by atoms with Crippen molar-refractivity contribution in [3.63, 3.8) is 0 Å². The lowest BCUT2D eigenvalue weighted by Gasteiger charge is -2.30. The van der Waals surface area contributed by atoms with Gasteiger partial charge in [-0.25, -0.2) is 0 Å². The highest BCUT2D eigenvalue weighted by atomic mass is 35.5. The molecular weight excluding hydrogens is 291 g/mol. The second-order valence-corrected chi connectivity index (χ2v) is 6.57. The van der Waals surface area contributed by atoms with Crippen LogP contribution in [0.4, 0.5) is 0 Å². The number of benzene rings is 1. The predicted octanol–water partition coefficient (Wildman–Crippen LogP) is 4.21. The summed E-state index contributed by atoms with van der Waals surface area (Å²) in [7, 11) is 0. The van der Waals surface area contributed by atoms with E-state index in [1.54, 1.807) is 0 Å². The van der Waals surface area contributed by atoms with Gasteiger partial charge in [0.2, 0.25) is 0 Å². The van der Waals surface area contributed by atoms with E-state index >= 15 is 0 Å². The molecule has 1 heterocycles. The largest absolute Gasteiger partial charge is 0.313 e. The van der Waals surface area contributed by atoms with Crippen LogP contribution in [0.15, 0.2) is 18.2 Å². The van der Waals surface area contributed by atoms with Gasteiger partial charge in [0.1, 0.15) is 0 Å². The molecule has 2 nitrogen and oxygen atoms in total. The van der Waals surface area contributed by atoms with Crippen LogP contribution < -0.4 is 5.32 Å². The van der Waals surface area contributed by atoms with Gasteiger partial charge in [0, 0.05) is 22.2 Å². The molecule has 1 aromatic carbocycles. The third-order valence-electron chi connectivity index (χ3n) is 4.07. The molecule has 1 aromatic rings. The van der Waals surface area contributed by atoms with Gasteiger partial charge in [-0.1, -0.05) is 36.2 Å². The summed E-state index contributed by atoms with van der Waals surface area (Å²) in [5, 5.41) is 4.93. The molecule has 0 unspecified atom stereocenters. The summed E-state index contributed by atoms with van der Waals surface area (Å²) in [6, 6.07) is 5.66. The van der Waals surface area contributed by atoms with E-state index in [0.717, 1.165) is 34.6 Å². The van der Waals surface area contributed by atoms with E-state index in [2.05, 4.69) is 17.1 Å². The predicted molar refractivity (Wildman–Crippen MR) is 87.6 cm³/mol. The van der Waals surface area contributed by atoms with Crippen LogP contribution in [0.25, 0.3) is 0 Å². The van der Waals surface area contributed by atoms with E-state index in [-0.39, 0.29) is 0 Å². The number of halogens is 2. The highest BCUT2D eigenvalue weighted by molar-refractivity contribution is 6.35. The fraction of sp³-hybridized carbons (Fsp3) is 0.625. The summed E-state index contributed by atoms with van der Waals surface area (Å²) in [4.78, 5) is 2.57. The van der Waals surface area contributed by atoms with E-state index in [1.165, 1.54) is 38.9 Å². The summed E-state index contributed by atoms with van der Waals surface area (Å²) >= 11 is 12.3. The molecule has 20 heavy (non-hydrogen) atoms. The number of likely N-dealkylation sites (tertiary alicyclic amines) is 1.